The number of rotatable bonds is 3. The van der Waals surface area contributed by atoms with Gasteiger partial charge < -0.3 is 9.47 Å². The summed E-state index contributed by atoms with van der Waals surface area (Å²) in [5.41, 5.74) is 1.17. The van der Waals surface area contributed by atoms with E-state index in [1.54, 1.807) is 26.0 Å². The third-order valence-electron chi connectivity index (χ3n) is 2.01. The van der Waals surface area contributed by atoms with E-state index in [4.69, 9.17) is 21.1 Å². The van der Waals surface area contributed by atoms with Crippen LogP contribution in [0.4, 0.5) is 0 Å². The van der Waals surface area contributed by atoms with Gasteiger partial charge in [-0.1, -0.05) is 11.6 Å². The first-order chi connectivity index (χ1) is 7.45. The largest absolute Gasteiger partial charge is 0.496 e. The molecule has 0 spiro atoms. The molecule has 1 aromatic rings. The molecule has 0 fully saturated rings. The maximum Gasteiger partial charge on any atom is 0.342 e. The van der Waals surface area contributed by atoms with Gasteiger partial charge in [-0.25, -0.2) is 4.79 Å². The molecule has 0 bridgehead atoms. The second-order valence-corrected chi connectivity index (χ2v) is 4.19. The summed E-state index contributed by atoms with van der Waals surface area (Å²) in [6.45, 7) is 5.42. The van der Waals surface area contributed by atoms with Crippen LogP contribution in [0.5, 0.6) is 5.75 Å². The van der Waals surface area contributed by atoms with Crippen LogP contribution in [-0.4, -0.2) is 19.2 Å². The molecule has 0 N–H and O–H groups in total. The van der Waals surface area contributed by atoms with E-state index in [2.05, 4.69) is 0 Å². The second kappa shape index (κ2) is 5.21. The number of benzene rings is 1. The number of carbonyl (C=O) groups is 1. The van der Waals surface area contributed by atoms with Crippen LogP contribution in [0.1, 0.15) is 29.8 Å². The zero-order chi connectivity index (χ0) is 12.3. The molecule has 0 saturated heterocycles. The van der Waals surface area contributed by atoms with Crippen LogP contribution < -0.4 is 4.74 Å². The third-order valence-corrected chi connectivity index (χ3v) is 2.22. The lowest BCUT2D eigenvalue weighted by atomic mass is 10.1. The molecule has 0 radical (unpaired) electrons. The predicted octanol–water partition coefficient (Wildman–Crippen LogP) is 3.22. The van der Waals surface area contributed by atoms with E-state index in [1.165, 1.54) is 7.11 Å². The number of hydrogen-bond donors (Lipinski definition) is 0. The van der Waals surface area contributed by atoms with Crippen LogP contribution in [0.2, 0.25) is 5.02 Å². The summed E-state index contributed by atoms with van der Waals surface area (Å²) in [6.07, 6.45) is -0.170. The summed E-state index contributed by atoms with van der Waals surface area (Å²) in [6, 6.07) is 3.30. The Labute approximate surface area is 100 Å². The molecule has 0 aliphatic heterocycles. The minimum Gasteiger partial charge on any atom is -0.496 e. The molecule has 0 atom stereocenters. The molecule has 16 heavy (non-hydrogen) atoms. The van der Waals surface area contributed by atoms with Gasteiger partial charge in [-0.05, 0) is 38.5 Å². The Kier molecular flexibility index (Phi) is 4.19. The Hall–Kier alpha value is -1.22. The first-order valence-electron chi connectivity index (χ1n) is 5.00. The lowest BCUT2D eigenvalue weighted by molar-refractivity contribution is 0.0374. The average molecular weight is 243 g/mol. The molecule has 0 aliphatic carbocycles. The number of aryl methyl sites for hydroxylation is 1. The monoisotopic (exact) mass is 242 g/mol. The van der Waals surface area contributed by atoms with Gasteiger partial charge in [0.2, 0.25) is 0 Å². The Bertz CT molecular complexity index is 399. The van der Waals surface area contributed by atoms with E-state index in [0.29, 0.717) is 16.3 Å². The zero-order valence-corrected chi connectivity index (χ0v) is 10.6. The first kappa shape index (κ1) is 12.8. The highest BCUT2D eigenvalue weighted by atomic mass is 35.5. The van der Waals surface area contributed by atoms with Crippen molar-refractivity contribution in [2.45, 2.75) is 26.9 Å². The van der Waals surface area contributed by atoms with E-state index >= 15 is 0 Å². The maximum absolute atomic E-state index is 11.8. The van der Waals surface area contributed by atoms with Crippen LogP contribution in [0.25, 0.3) is 0 Å². The van der Waals surface area contributed by atoms with Gasteiger partial charge in [0.05, 0.1) is 13.2 Å². The lowest BCUT2D eigenvalue weighted by Gasteiger charge is -2.13. The summed E-state index contributed by atoms with van der Waals surface area (Å²) in [5, 5.41) is 0.494. The summed E-state index contributed by atoms with van der Waals surface area (Å²) in [7, 11) is 1.52. The molecule has 88 valence electrons. The van der Waals surface area contributed by atoms with Crippen molar-refractivity contribution >= 4 is 17.6 Å². The topological polar surface area (TPSA) is 35.5 Å². The molecule has 1 aromatic carbocycles. The fraction of sp³-hybridized carbons (Fsp3) is 0.417. The van der Waals surface area contributed by atoms with Crippen LogP contribution in [0.15, 0.2) is 12.1 Å². The first-order valence-corrected chi connectivity index (χ1v) is 5.38. The van der Waals surface area contributed by atoms with E-state index in [1.807, 2.05) is 6.92 Å². The quantitative estimate of drug-likeness (QED) is 0.764. The normalized spacial score (nSPS) is 10.4. The Balaban J connectivity index is 3.15. The van der Waals surface area contributed by atoms with Crippen molar-refractivity contribution in [3.05, 3.63) is 28.3 Å². The summed E-state index contributed by atoms with van der Waals surface area (Å²) in [5.74, 6) is 0.0903. The van der Waals surface area contributed by atoms with Gasteiger partial charge in [0.25, 0.3) is 0 Å². The molecule has 0 amide bonds. The van der Waals surface area contributed by atoms with Crippen molar-refractivity contribution < 1.29 is 14.3 Å². The minimum atomic E-state index is -0.419. The van der Waals surface area contributed by atoms with Gasteiger partial charge in [0, 0.05) is 5.02 Å². The van der Waals surface area contributed by atoms with Crippen LogP contribution in [0, 0.1) is 6.92 Å². The number of esters is 1. The van der Waals surface area contributed by atoms with Gasteiger partial charge in [0.1, 0.15) is 11.3 Å². The summed E-state index contributed by atoms with van der Waals surface area (Å²) < 4.78 is 10.3. The molecule has 1 rings (SSSR count). The van der Waals surface area contributed by atoms with E-state index < -0.39 is 5.97 Å². The second-order valence-electron chi connectivity index (χ2n) is 3.76. The minimum absolute atomic E-state index is 0.170. The molecule has 0 heterocycles. The molecule has 0 aromatic heterocycles. The van der Waals surface area contributed by atoms with Crippen LogP contribution in [0.3, 0.4) is 0 Å². The lowest BCUT2D eigenvalue weighted by Crippen LogP contribution is -2.13. The number of halogens is 1. The van der Waals surface area contributed by atoms with Gasteiger partial charge >= 0.3 is 5.97 Å². The van der Waals surface area contributed by atoms with Crippen molar-refractivity contribution in [1.82, 2.24) is 0 Å². The SMILES string of the molecule is COc1c(C)cc(Cl)cc1C(=O)OC(C)C. The standard InChI is InChI=1S/C12H15ClO3/c1-7(2)16-12(14)10-6-9(13)5-8(3)11(10)15-4/h5-7H,1-4H3. The van der Waals surface area contributed by atoms with Gasteiger partial charge in [-0.2, -0.15) is 0 Å². The third kappa shape index (κ3) is 2.89. The zero-order valence-electron chi connectivity index (χ0n) is 9.83. The number of methoxy groups -OCH3 is 1. The molecule has 3 nitrogen and oxygen atoms in total. The highest BCUT2D eigenvalue weighted by Gasteiger charge is 2.17. The maximum atomic E-state index is 11.8. The number of ether oxygens (including phenoxy) is 2. The molecule has 0 saturated carbocycles. The molecule has 0 aliphatic rings. The smallest absolute Gasteiger partial charge is 0.342 e. The predicted molar refractivity (Wildman–Crippen MR) is 63.3 cm³/mol. The van der Waals surface area contributed by atoms with E-state index in [9.17, 15) is 4.79 Å². The van der Waals surface area contributed by atoms with Crippen molar-refractivity contribution in [1.29, 1.82) is 0 Å². The molecule has 4 heteroatoms. The fourth-order valence-corrected chi connectivity index (χ4v) is 1.70. The fourth-order valence-electron chi connectivity index (χ4n) is 1.43. The van der Waals surface area contributed by atoms with E-state index in [-0.39, 0.29) is 6.10 Å². The van der Waals surface area contributed by atoms with Crippen molar-refractivity contribution in [2.75, 3.05) is 7.11 Å². The molecular formula is C12H15ClO3. The van der Waals surface area contributed by atoms with Crippen LogP contribution in [-0.2, 0) is 4.74 Å². The average Bonchev–Trinajstić information content (AvgIpc) is 2.15. The summed E-state index contributed by atoms with van der Waals surface area (Å²) >= 11 is 5.90. The highest BCUT2D eigenvalue weighted by molar-refractivity contribution is 6.31. The number of hydrogen-bond acceptors (Lipinski definition) is 3. The van der Waals surface area contributed by atoms with Crippen LogP contribution >= 0.6 is 11.6 Å². The van der Waals surface area contributed by atoms with Crippen molar-refractivity contribution in [2.24, 2.45) is 0 Å². The Morgan fingerprint density at radius 1 is 1.38 bits per heavy atom. The van der Waals surface area contributed by atoms with E-state index in [0.717, 1.165) is 5.56 Å². The van der Waals surface area contributed by atoms with Gasteiger partial charge in [-0.3, -0.25) is 0 Å². The van der Waals surface area contributed by atoms with Crippen molar-refractivity contribution in [3.63, 3.8) is 0 Å². The Morgan fingerprint density at radius 2 is 2.00 bits per heavy atom. The summed E-state index contributed by atoms with van der Waals surface area (Å²) in [4.78, 5) is 11.8. The highest BCUT2D eigenvalue weighted by Crippen LogP contribution is 2.28. The van der Waals surface area contributed by atoms with Gasteiger partial charge in [-0.15, -0.1) is 0 Å². The van der Waals surface area contributed by atoms with Crippen molar-refractivity contribution in [3.8, 4) is 5.75 Å². The molecular weight excluding hydrogens is 228 g/mol. The number of carbonyl (C=O) groups excluding carboxylic acids is 1. The Morgan fingerprint density at radius 3 is 2.50 bits per heavy atom. The molecule has 0 unspecified atom stereocenters. The van der Waals surface area contributed by atoms with Gasteiger partial charge in [0.15, 0.2) is 0 Å².